The van der Waals surface area contributed by atoms with Crippen molar-refractivity contribution in [3.63, 3.8) is 0 Å². The van der Waals surface area contributed by atoms with Crippen LogP contribution in [-0.2, 0) is 14.1 Å². The Labute approximate surface area is 139 Å². The summed E-state index contributed by atoms with van der Waals surface area (Å²) < 4.78 is 3.77. The maximum atomic E-state index is 10.5. The van der Waals surface area contributed by atoms with Crippen LogP contribution >= 0.6 is 22.7 Å². The minimum Gasteiger partial charge on any atom is -0.446 e. The summed E-state index contributed by atoms with van der Waals surface area (Å²) in [7, 11) is 3.85. The molecule has 0 amide bonds. The first-order valence-electron chi connectivity index (χ1n) is 7.23. The van der Waals surface area contributed by atoms with Gasteiger partial charge in [0.15, 0.2) is 11.4 Å². The monoisotopic (exact) mass is 333 g/mol. The van der Waals surface area contributed by atoms with Gasteiger partial charge in [-0.25, -0.2) is 0 Å². The number of nitrogens with zero attached hydrogens (tertiary/aromatic N) is 2. The molecule has 0 saturated heterocycles. The molecule has 3 heterocycles. The summed E-state index contributed by atoms with van der Waals surface area (Å²) in [6, 6.07) is 4.70. The minimum absolute atomic E-state index is 0.275. The van der Waals surface area contributed by atoms with Crippen molar-refractivity contribution in [1.82, 2.24) is 4.57 Å². The first-order chi connectivity index (χ1) is 10.3. The van der Waals surface area contributed by atoms with Crippen LogP contribution in [0.3, 0.4) is 0 Å². The first-order valence-corrected chi connectivity index (χ1v) is 8.87. The van der Waals surface area contributed by atoms with Crippen LogP contribution in [0.1, 0.15) is 19.5 Å². The maximum Gasteiger partial charge on any atom is 0.454 e. The van der Waals surface area contributed by atoms with Gasteiger partial charge < -0.3 is 5.11 Å². The second-order valence-electron chi connectivity index (χ2n) is 5.77. The van der Waals surface area contributed by atoms with E-state index >= 15 is 0 Å². The van der Waals surface area contributed by atoms with Gasteiger partial charge in [0, 0.05) is 30.6 Å². The molecule has 3 aromatic heterocycles. The fourth-order valence-corrected chi connectivity index (χ4v) is 4.94. The summed E-state index contributed by atoms with van der Waals surface area (Å²) in [5, 5.41) is 10.5. The second kappa shape index (κ2) is 5.25. The van der Waals surface area contributed by atoms with E-state index in [2.05, 4.69) is 39.8 Å². The lowest BCUT2D eigenvalue weighted by Crippen LogP contribution is -2.28. The summed E-state index contributed by atoms with van der Waals surface area (Å²) in [6.07, 6.45) is 0. The van der Waals surface area contributed by atoms with E-state index in [1.165, 1.54) is 30.6 Å². The van der Waals surface area contributed by atoms with Crippen LogP contribution in [0.4, 0.5) is 0 Å². The molecular formula is C17H21N2OS2+. The highest BCUT2D eigenvalue weighted by atomic mass is 32.1. The first kappa shape index (κ1) is 15.3. The lowest BCUT2D eigenvalue weighted by Gasteiger charge is -2.01. The zero-order chi connectivity index (χ0) is 16.2. The highest BCUT2D eigenvalue weighted by Crippen LogP contribution is 2.40. The third-order valence-corrected chi connectivity index (χ3v) is 6.02. The molecule has 3 aromatic rings. The van der Waals surface area contributed by atoms with Crippen molar-refractivity contribution < 1.29 is 9.67 Å². The Morgan fingerprint density at radius 3 is 1.91 bits per heavy atom. The highest BCUT2D eigenvalue weighted by molar-refractivity contribution is 7.12. The molecule has 116 valence electrons. The maximum absolute atomic E-state index is 10.5. The predicted octanol–water partition coefficient (Wildman–Crippen LogP) is 4.25. The predicted molar refractivity (Wildman–Crippen MR) is 93.8 cm³/mol. The van der Waals surface area contributed by atoms with E-state index < -0.39 is 0 Å². The van der Waals surface area contributed by atoms with E-state index in [1.54, 1.807) is 22.7 Å². The molecule has 0 bridgehead atoms. The molecule has 0 spiro atoms. The molecule has 0 aliphatic carbocycles. The van der Waals surface area contributed by atoms with Crippen LogP contribution in [0.5, 0.6) is 6.01 Å². The lowest BCUT2D eigenvalue weighted by molar-refractivity contribution is -0.666. The average Bonchev–Trinajstić information content (AvgIpc) is 3.01. The van der Waals surface area contributed by atoms with Crippen LogP contribution in [0.25, 0.3) is 22.5 Å². The molecule has 0 aromatic carbocycles. The molecule has 1 N–H and O–H groups in total. The van der Waals surface area contributed by atoms with E-state index in [0.29, 0.717) is 0 Å². The standard InChI is InChI=1S/C17H20N2OS2/c1-9-7-13(11(3)21-9)15-16(19(6)17(20)18(15)5)14-8-10(2)22-12(14)4/h7-8H,1-6H3/p+1. The quantitative estimate of drug-likeness (QED) is 0.698. The topological polar surface area (TPSA) is 29.0 Å². The molecule has 0 aliphatic rings. The van der Waals surface area contributed by atoms with E-state index in [0.717, 1.165) is 11.4 Å². The molecule has 0 saturated carbocycles. The van der Waals surface area contributed by atoms with Crippen molar-refractivity contribution in [2.45, 2.75) is 27.7 Å². The van der Waals surface area contributed by atoms with E-state index in [1.807, 2.05) is 23.2 Å². The molecule has 22 heavy (non-hydrogen) atoms. The van der Waals surface area contributed by atoms with Crippen molar-refractivity contribution in [3.05, 3.63) is 31.6 Å². The fraction of sp³-hybridized carbons (Fsp3) is 0.353. The Balaban J connectivity index is 2.38. The number of aryl methyl sites for hydroxylation is 4. The normalized spacial score (nSPS) is 11.4. The van der Waals surface area contributed by atoms with Crippen LogP contribution in [0.2, 0.25) is 0 Å². The van der Waals surface area contributed by atoms with Gasteiger partial charge in [-0.05, 0) is 39.8 Å². The van der Waals surface area contributed by atoms with Gasteiger partial charge in [-0.2, -0.15) is 9.13 Å². The van der Waals surface area contributed by atoms with Gasteiger partial charge in [0.1, 0.15) is 0 Å². The summed E-state index contributed by atoms with van der Waals surface area (Å²) in [6.45, 7) is 8.55. The van der Waals surface area contributed by atoms with Crippen LogP contribution < -0.4 is 4.57 Å². The number of rotatable bonds is 2. The van der Waals surface area contributed by atoms with Gasteiger partial charge in [-0.15, -0.1) is 22.7 Å². The molecule has 0 radical (unpaired) electrons. The van der Waals surface area contributed by atoms with Gasteiger partial charge >= 0.3 is 6.01 Å². The van der Waals surface area contributed by atoms with Gasteiger partial charge in [0.2, 0.25) is 0 Å². The lowest BCUT2D eigenvalue weighted by atomic mass is 10.1. The summed E-state index contributed by atoms with van der Waals surface area (Å²) in [5.41, 5.74) is 4.59. The highest BCUT2D eigenvalue weighted by Gasteiger charge is 2.31. The van der Waals surface area contributed by atoms with Crippen LogP contribution in [-0.4, -0.2) is 9.67 Å². The van der Waals surface area contributed by atoms with Gasteiger partial charge in [0.25, 0.3) is 0 Å². The Kier molecular flexibility index (Phi) is 3.65. The van der Waals surface area contributed by atoms with Gasteiger partial charge in [0.05, 0.1) is 14.1 Å². The molecule has 0 aliphatic heterocycles. The fourth-order valence-electron chi connectivity index (χ4n) is 3.09. The molecule has 5 heteroatoms. The van der Waals surface area contributed by atoms with Gasteiger partial charge in [-0.3, -0.25) is 0 Å². The summed E-state index contributed by atoms with van der Waals surface area (Å²) >= 11 is 3.60. The smallest absolute Gasteiger partial charge is 0.446 e. The zero-order valence-electron chi connectivity index (χ0n) is 13.8. The number of hydrogen-bond acceptors (Lipinski definition) is 3. The van der Waals surface area contributed by atoms with E-state index in [4.69, 9.17) is 0 Å². The average molecular weight is 334 g/mol. The molecule has 0 unspecified atom stereocenters. The third kappa shape index (κ3) is 2.20. The number of aromatic nitrogens is 2. The van der Waals surface area contributed by atoms with E-state index in [9.17, 15) is 5.11 Å². The zero-order valence-corrected chi connectivity index (χ0v) is 15.4. The number of hydrogen-bond donors (Lipinski definition) is 1. The molecule has 3 rings (SSSR count). The number of thiophene rings is 2. The molecule has 0 fully saturated rings. The van der Waals surface area contributed by atoms with Crippen molar-refractivity contribution in [3.8, 4) is 28.5 Å². The summed E-state index contributed by atoms with van der Waals surface area (Å²) in [4.78, 5) is 5.15. The minimum atomic E-state index is 0.275. The second-order valence-corrected chi connectivity index (χ2v) is 8.69. The molecule has 0 atom stereocenters. The molecule has 3 nitrogen and oxygen atoms in total. The Bertz CT molecular complexity index is 798. The third-order valence-electron chi connectivity index (χ3n) is 4.09. The summed E-state index contributed by atoms with van der Waals surface area (Å²) in [5.74, 6) is 0. The van der Waals surface area contributed by atoms with Crippen molar-refractivity contribution >= 4 is 22.7 Å². The van der Waals surface area contributed by atoms with Crippen LogP contribution in [0, 0.1) is 27.7 Å². The molecular weight excluding hydrogens is 312 g/mol. The SMILES string of the molecule is Cc1cc(-c2c(-c3cc(C)sc3C)[n+](C)c(O)n2C)c(C)s1. The Morgan fingerprint density at radius 1 is 0.955 bits per heavy atom. The number of imidazole rings is 1. The largest absolute Gasteiger partial charge is 0.454 e. The van der Waals surface area contributed by atoms with Crippen molar-refractivity contribution in [2.75, 3.05) is 0 Å². The van der Waals surface area contributed by atoms with Crippen molar-refractivity contribution in [1.29, 1.82) is 0 Å². The van der Waals surface area contributed by atoms with E-state index in [-0.39, 0.29) is 6.01 Å². The van der Waals surface area contributed by atoms with Crippen LogP contribution in [0.15, 0.2) is 12.1 Å². The number of aromatic hydroxyl groups is 1. The van der Waals surface area contributed by atoms with Gasteiger partial charge in [-0.1, -0.05) is 0 Å². The van der Waals surface area contributed by atoms with Crippen molar-refractivity contribution in [2.24, 2.45) is 14.1 Å². The Hall–Kier alpha value is -1.59. The Morgan fingerprint density at radius 2 is 1.45 bits per heavy atom.